The molecule has 290 valence electrons. The molecule has 0 spiro atoms. The molecule has 1 saturated carbocycles. The fraction of sp³-hybridized carbons (Fsp3) is 0.875. The number of rotatable bonds is 3. The summed E-state index contributed by atoms with van der Waals surface area (Å²) in [7, 11) is 0. The van der Waals surface area contributed by atoms with Gasteiger partial charge in [-0.3, -0.25) is 4.79 Å². The number of nitrogens with two attached hydrogens (primary N) is 1. The molecule has 0 aromatic rings. The van der Waals surface area contributed by atoms with Crippen LogP contribution < -0.4 is 5.73 Å². The summed E-state index contributed by atoms with van der Waals surface area (Å²) in [5.41, 5.74) is 7.81. The number of hydrogen-bond acceptors (Lipinski definition) is 12. The Labute approximate surface area is 306 Å². The highest BCUT2D eigenvalue weighted by molar-refractivity contribution is 5.79. The zero-order chi connectivity index (χ0) is 36.1. The SMILES string of the molecule is C=C1CC2CC[C@@]3(O)C[C@@H]4OC5[C@@H]4[C@@H]4O[C@H]6CC[C@H](CC(=O)C[C@H]7C(CC8O[C@@H](CCC1O2)C[C@@H](C)C8=C)OC(C[C@H](O)CN)[C@@H]7O)OC6[C@H](O3)[C@H]54. The van der Waals surface area contributed by atoms with Crippen molar-refractivity contribution in [2.75, 3.05) is 6.54 Å². The first-order valence-electron chi connectivity index (χ1n) is 20.2. The minimum absolute atomic E-state index is 0.00725. The van der Waals surface area contributed by atoms with Crippen molar-refractivity contribution in [3.63, 3.8) is 0 Å². The summed E-state index contributed by atoms with van der Waals surface area (Å²) in [4.78, 5) is 13.9. The van der Waals surface area contributed by atoms with Gasteiger partial charge in [-0.1, -0.05) is 20.1 Å². The van der Waals surface area contributed by atoms with E-state index >= 15 is 0 Å². The molecular formula is C40H59NO11. The molecule has 10 rings (SSSR count). The number of carbonyl (C=O) groups is 1. The number of aliphatic hydroxyl groups excluding tert-OH is 2. The van der Waals surface area contributed by atoms with Gasteiger partial charge in [0.05, 0.1) is 85.5 Å². The topological polar surface area (TPSA) is 168 Å². The maximum absolute atomic E-state index is 13.9. The summed E-state index contributed by atoms with van der Waals surface area (Å²) in [6.45, 7) is 11.0. The molecule has 0 radical (unpaired) electrons. The second-order valence-corrected chi connectivity index (χ2v) is 17.8. The number of ketones is 1. The monoisotopic (exact) mass is 729 g/mol. The lowest BCUT2D eigenvalue weighted by atomic mass is 9.56. The average Bonchev–Trinajstić information content (AvgIpc) is 3.59. The third-order valence-corrected chi connectivity index (χ3v) is 14.4. The van der Waals surface area contributed by atoms with Crippen LogP contribution in [0.15, 0.2) is 24.3 Å². The Morgan fingerprint density at radius 2 is 1.56 bits per heavy atom. The number of fused-ring (bicyclic) bond motifs is 6. The maximum atomic E-state index is 13.9. The van der Waals surface area contributed by atoms with Gasteiger partial charge in [-0.25, -0.2) is 0 Å². The molecule has 9 heterocycles. The first-order valence-corrected chi connectivity index (χ1v) is 20.2. The van der Waals surface area contributed by atoms with Gasteiger partial charge in [0.15, 0.2) is 5.79 Å². The van der Waals surface area contributed by atoms with E-state index in [9.17, 15) is 20.1 Å². The fourth-order valence-electron chi connectivity index (χ4n) is 11.5. The van der Waals surface area contributed by atoms with Crippen LogP contribution in [0.25, 0.3) is 0 Å². The van der Waals surface area contributed by atoms with Crippen LogP contribution >= 0.6 is 0 Å². The molecule has 13 bridgehead atoms. The van der Waals surface area contributed by atoms with E-state index in [0.717, 1.165) is 43.3 Å². The van der Waals surface area contributed by atoms with Crippen LogP contribution in [0.1, 0.15) is 90.4 Å². The van der Waals surface area contributed by atoms with Gasteiger partial charge >= 0.3 is 0 Å². The standard InChI is InChI=1S/C40H59NO11/c1-18-10-23-4-6-27-19(2)11-25(46-27)8-9-40(45)16-32-33-37-34(38(33)51-32)39(52-40)36-28(50-37)7-5-24(48-36)12-21(42)13-26-30(15-29(47-23)20(18)3)49-31(35(26)44)14-22(43)17-41/h18,22-39,43-45H,2-17,41H2,1H3/t18-,22+,23+,24-,25?,26+,27?,28+,29?,30?,31?,32+,33+,34+,35-,36?,37+,38?,39-,40+/m1/s1. The van der Waals surface area contributed by atoms with Crippen molar-refractivity contribution in [1.82, 2.24) is 0 Å². The normalized spacial score (nSPS) is 53.8. The number of ether oxygens (including phenoxy) is 7. The zero-order valence-electron chi connectivity index (χ0n) is 30.5. The summed E-state index contributed by atoms with van der Waals surface area (Å²) >= 11 is 0. The van der Waals surface area contributed by atoms with Crippen molar-refractivity contribution in [3.8, 4) is 0 Å². The predicted octanol–water partition coefficient (Wildman–Crippen LogP) is 2.62. The molecule has 10 fully saturated rings. The van der Waals surface area contributed by atoms with Gasteiger partial charge in [-0.05, 0) is 62.0 Å². The van der Waals surface area contributed by atoms with Crippen molar-refractivity contribution in [2.45, 2.75) is 188 Å². The number of aliphatic hydroxyl groups is 3. The molecule has 12 heteroatoms. The van der Waals surface area contributed by atoms with Gasteiger partial charge in [0.1, 0.15) is 11.9 Å². The molecule has 9 saturated heterocycles. The van der Waals surface area contributed by atoms with Crippen LogP contribution in [-0.2, 0) is 38.0 Å². The summed E-state index contributed by atoms with van der Waals surface area (Å²) in [6.07, 6.45) is 2.38. The van der Waals surface area contributed by atoms with E-state index in [1.54, 1.807) is 0 Å². The van der Waals surface area contributed by atoms with E-state index in [0.29, 0.717) is 32.1 Å². The number of hydrogen-bond donors (Lipinski definition) is 4. The predicted molar refractivity (Wildman–Crippen MR) is 186 cm³/mol. The molecule has 52 heavy (non-hydrogen) atoms. The lowest BCUT2D eigenvalue weighted by Gasteiger charge is -2.70. The van der Waals surface area contributed by atoms with Crippen molar-refractivity contribution in [3.05, 3.63) is 24.3 Å². The molecule has 0 aromatic carbocycles. The van der Waals surface area contributed by atoms with E-state index < -0.39 is 48.3 Å². The van der Waals surface area contributed by atoms with Crippen molar-refractivity contribution in [1.29, 1.82) is 0 Å². The fourth-order valence-corrected chi connectivity index (χ4v) is 11.5. The zero-order valence-corrected chi connectivity index (χ0v) is 30.5. The Balaban J connectivity index is 0.984. The Morgan fingerprint density at radius 3 is 2.37 bits per heavy atom. The first-order chi connectivity index (χ1) is 25.0. The molecule has 0 amide bonds. The van der Waals surface area contributed by atoms with Gasteiger partial charge < -0.3 is 54.2 Å². The highest BCUT2D eigenvalue weighted by Gasteiger charge is 2.72. The molecule has 0 aromatic heterocycles. The third kappa shape index (κ3) is 6.49. The van der Waals surface area contributed by atoms with Gasteiger partial charge in [0.2, 0.25) is 0 Å². The van der Waals surface area contributed by atoms with Crippen LogP contribution in [0.4, 0.5) is 0 Å². The van der Waals surface area contributed by atoms with E-state index in [2.05, 4.69) is 20.1 Å². The van der Waals surface area contributed by atoms with E-state index in [1.165, 1.54) is 0 Å². The van der Waals surface area contributed by atoms with Crippen LogP contribution in [-0.4, -0.2) is 125 Å². The molecule has 7 unspecified atom stereocenters. The molecule has 5 N–H and O–H groups in total. The quantitative estimate of drug-likeness (QED) is 0.314. The summed E-state index contributed by atoms with van der Waals surface area (Å²) in [5.74, 6) is -1.40. The number of Topliss-reactive ketones (excluding diaryl/α,β-unsaturated/α-hetero) is 1. The lowest BCUT2D eigenvalue weighted by molar-refractivity contribution is -0.444. The van der Waals surface area contributed by atoms with Gasteiger partial charge in [0, 0.05) is 62.8 Å². The van der Waals surface area contributed by atoms with Gasteiger partial charge in [-0.2, -0.15) is 0 Å². The van der Waals surface area contributed by atoms with Crippen molar-refractivity contribution in [2.24, 2.45) is 29.4 Å². The first kappa shape index (κ1) is 36.4. The number of carbonyl (C=O) groups excluding carboxylic acids is 1. The highest BCUT2D eigenvalue weighted by atomic mass is 16.7. The van der Waals surface area contributed by atoms with Crippen LogP contribution in [0.5, 0.6) is 0 Å². The summed E-state index contributed by atoms with van der Waals surface area (Å²) < 4.78 is 46.3. The Morgan fingerprint density at radius 1 is 0.808 bits per heavy atom. The van der Waals surface area contributed by atoms with Crippen molar-refractivity contribution >= 4 is 5.78 Å². The Bertz CT molecular complexity index is 1390. The van der Waals surface area contributed by atoms with Gasteiger partial charge in [-0.15, -0.1) is 0 Å². The van der Waals surface area contributed by atoms with E-state index in [4.69, 9.17) is 38.9 Å². The smallest absolute Gasteiger partial charge is 0.168 e. The van der Waals surface area contributed by atoms with Crippen LogP contribution in [0.3, 0.4) is 0 Å². The molecular weight excluding hydrogens is 670 g/mol. The minimum Gasteiger partial charge on any atom is -0.392 e. The minimum atomic E-state index is -1.39. The summed E-state index contributed by atoms with van der Waals surface area (Å²) in [6, 6.07) is 0. The van der Waals surface area contributed by atoms with Crippen LogP contribution in [0.2, 0.25) is 0 Å². The van der Waals surface area contributed by atoms with E-state index in [1.807, 2.05) is 0 Å². The molecule has 20 atom stereocenters. The third-order valence-electron chi connectivity index (χ3n) is 14.4. The molecule has 10 aliphatic rings. The second-order valence-electron chi connectivity index (χ2n) is 17.8. The molecule has 9 aliphatic heterocycles. The second kappa shape index (κ2) is 14.0. The Hall–Kier alpha value is -1.29. The van der Waals surface area contributed by atoms with Crippen LogP contribution in [0, 0.1) is 23.7 Å². The summed E-state index contributed by atoms with van der Waals surface area (Å²) in [5, 5.41) is 34.1. The van der Waals surface area contributed by atoms with Gasteiger partial charge in [0.25, 0.3) is 0 Å². The molecule has 12 nitrogen and oxygen atoms in total. The lowest BCUT2D eigenvalue weighted by Crippen LogP contribution is -2.81. The molecule has 1 aliphatic carbocycles. The largest absolute Gasteiger partial charge is 0.392 e. The Kier molecular flexibility index (Phi) is 9.80. The van der Waals surface area contributed by atoms with E-state index in [-0.39, 0.29) is 104 Å². The van der Waals surface area contributed by atoms with Crippen molar-refractivity contribution < 1.29 is 53.3 Å². The highest BCUT2D eigenvalue weighted by Crippen LogP contribution is 2.61. The average molecular weight is 730 g/mol. The maximum Gasteiger partial charge on any atom is 0.168 e.